The molecule has 27 heavy (non-hydrogen) atoms. The van der Waals surface area contributed by atoms with Crippen molar-refractivity contribution in [2.24, 2.45) is 10.9 Å². The second-order valence-electron chi connectivity index (χ2n) is 7.88. The lowest BCUT2D eigenvalue weighted by Crippen LogP contribution is -2.43. The van der Waals surface area contributed by atoms with E-state index in [1.165, 1.54) is 32.1 Å². The number of guanidine groups is 1. The summed E-state index contributed by atoms with van der Waals surface area (Å²) in [5.41, 5.74) is 0. The Morgan fingerprint density at radius 2 is 1.85 bits per heavy atom. The second-order valence-corrected chi connectivity index (χ2v) is 7.88. The molecule has 2 fully saturated rings. The van der Waals surface area contributed by atoms with E-state index in [1.54, 1.807) is 0 Å². The third-order valence-corrected chi connectivity index (χ3v) is 5.69. The van der Waals surface area contributed by atoms with Gasteiger partial charge in [-0.2, -0.15) is 0 Å². The van der Waals surface area contributed by atoms with Crippen LogP contribution in [0.5, 0.6) is 0 Å². The predicted molar refractivity (Wildman–Crippen MR) is 125 cm³/mol. The summed E-state index contributed by atoms with van der Waals surface area (Å²) in [5.74, 6) is 1.77. The third kappa shape index (κ3) is 9.76. The van der Waals surface area contributed by atoms with Crippen LogP contribution in [0.4, 0.5) is 0 Å². The van der Waals surface area contributed by atoms with E-state index >= 15 is 0 Å². The van der Waals surface area contributed by atoms with Crippen LogP contribution in [0, 0.1) is 5.92 Å². The molecule has 6 nitrogen and oxygen atoms in total. The summed E-state index contributed by atoms with van der Waals surface area (Å²) in [5, 5.41) is 6.92. The molecule has 0 radical (unpaired) electrons. The van der Waals surface area contributed by atoms with Gasteiger partial charge in [-0.15, -0.1) is 24.0 Å². The smallest absolute Gasteiger partial charge is 0.191 e. The fraction of sp³-hybridized carbons (Fsp3) is 0.950. The lowest BCUT2D eigenvalue weighted by atomic mass is 9.83. The third-order valence-electron chi connectivity index (χ3n) is 5.69. The monoisotopic (exact) mass is 495 g/mol. The molecule has 0 bridgehead atoms. The van der Waals surface area contributed by atoms with E-state index < -0.39 is 0 Å². The fourth-order valence-electron chi connectivity index (χ4n) is 4.11. The summed E-state index contributed by atoms with van der Waals surface area (Å²) < 4.78 is 5.41. The van der Waals surface area contributed by atoms with Crippen molar-refractivity contribution < 1.29 is 4.74 Å². The summed E-state index contributed by atoms with van der Waals surface area (Å²) in [6.45, 7) is 9.93. The zero-order valence-electron chi connectivity index (χ0n) is 17.7. The predicted octanol–water partition coefficient (Wildman–Crippen LogP) is 2.39. The molecule has 0 amide bonds. The van der Waals surface area contributed by atoms with Gasteiger partial charge in [-0.1, -0.05) is 19.3 Å². The van der Waals surface area contributed by atoms with Crippen LogP contribution in [0.25, 0.3) is 0 Å². The zero-order valence-corrected chi connectivity index (χ0v) is 20.0. The molecule has 1 aliphatic heterocycles. The standard InChI is InChI=1S/C20H41N5O.HI/c1-4-21-20(22-11-8-12-25-13-15-26-16-14-25)23-17-19(24(2)3)18-9-6-5-7-10-18;/h18-19H,4-17H2,1-3H3,(H2,21,22,23);1H. The van der Waals surface area contributed by atoms with Gasteiger partial charge in [-0.25, -0.2) is 0 Å². The van der Waals surface area contributed by atoms with E-state index in [0.29, 0.717) is 6.04 Å². The molecule has 160 valence electrons. The Hall–Kier alpha value is -0.120. The molecule has 1 unspecified atom stereocenters. The average Bonchev–Trinajstić information content (AvgIpc) is 2.66. The van der Waals surface area contributed by atoms with Crippen molar-refractivity contribution in [3.8, 4) is 0 Å². The summed E-state index contributed by atoms with van der Waals surface area (Å²) in [6.07, 6.45) is 8.05. The molecule has 2 aliphatic rings. The number of nitrogens with one attached hydrogen (secondary N) is 2. The molecule has 1 aliphatic carbocycles. The molecular formula is C20H42IN5O. The van der Waals surface area contributed by atoms with Crippen LogP contribution in [0.15, 0.2) is 4.99 Å². The maximum absolute atomic E-state index is 5.41. The maximum Gasteiger partial charge on any atom is 0.191 e. The van der Waals surface area contributed by atoms with E-state index in [-0.39, 0.29) is 24.0 Å². The number of likely N-dealkylation sites (N-methyl/N-ethyl adjacent to an activating group) is 1. The molecule has 7 heteroatoms. The molecule has 0 aromatic heterocycles. The SMILES string of the molecule is CCNC(=NCC(C1CCCCC1)N(C)C)NCCCN1CCOCC1.I. The number of aliphatic imine (C=N–C) groups is 1. The van der Waals surface area contributed by atoms with E-state index in [9.17, 15) is 0 Å². The molecule has 2 rings (SSSR count). The normalized spacial score (nSPS) is 21.0. The Bertz CT molecular complexity index is 396. The molecule has 0 spiro atoms. The van der Waals surface area contributed by atoms with Crippen LogP contribution in [0.2, 0.25) is 0 Å². The van der Waals surface area contributed by atoms with Crippen LogP contribution < -0.4 is 10.6 Å². The molecule has 2 N–H and O–H groups in total. The number of halogens is 1. The van der Waals surface area contributed by atoms with Gasteiger partial charge in [0.1, 0.15) is 0 Å². The van der Waals surface area contributed by atoms with E-state index in [4.69, 9.17) is 9.73 Å². The molecule has 1 saturated carbocycles. The lowest BCUT2D eigenvalue weighted by molar-refractivity contribution is 0.0376. The van der Waals surface area contributed by atoms with Crippen LogP contribution in [0.1, 0.15) is 45.4 Å². The summed E-state index contributed by atoms with van der Waals surface area (Å²) in [6, 6.07) is 0.555. The molecule has 1 heterocycles. The summed E-state index contributed by atoms with van der Waals surface area (Å²) in [4.78, 5) is 9.78. The molecule has 1 saturated heterocycles. The molecular weight excluding hydrogens is 453 g/mol. The lowest BCUT2D eigenvalue weighted by Gasteiger charge is -2.34. The first-order chi connectivity index (χ1) is 12.7. The van der Waals surface area contributed by atoms with Crippen molar-refractivity contribution in [2.75, 3.05) is 66.6 Å². The number of nitrogens with zero attached hydrogens (tertiary/aromatic N) is 3. The van der Waals surface area contributed by atoms with E-state index in [1.807, 2.05) is 0 Å². The Balaban J connectivity index is 0.00000364. The first kappa shape index (κ1) is 24.9. The van der Waals surface area contributed by atoms with Crippen molar-refractivity contribution in [1.82, 2.24) is 20.4 Å². The highest BCUT2D eigenvalue weighted by atomic mass is 127. The Labute approximate surface area is 183 Å². The molecule has 0 aromatic rings. The van der Waals surface area contributed by atoms with Gasteiger partial charge in [0.25, 0.3) is 0 Å². The van der Waals surface area contributed by atoms with Crippen LogP contribution in [-0.2, 0) is 4.74 Å². The second kappa shape index (κ2) is 14.8. The first-order valence-electron chi connectivity index (χ1n) is 10.7. The summed E-state index contributed by atoms with van der Waals surface area (Å²) >= 11 is 0. The highest BCUT2D eigenvalue weighted by Crippen LogP contribution is 2.28. The minimum atomic E-state index is 0. The maximum atomic E-state index is 5.41. The van der Waals surface area contributed by atoms with Crippen molar-refractivity contribution in [1.29, 1.82) is 0 Å². The number of hydrogen-bond acceptors (Lipinski definition) is 4. The van der Waals surface area contributed by atoms with Crippen molar-refractivity contribution in [3.05, 3.63) is 0 Å². The van der Waals surface area contributed by atoms with Crippen LogP contribution in [-0.4, -0.2) is 88.4 Å². The quantitative estimate of drug-likeness (QED) is 0.223. The minimum absolute atomic E-state index is 0. The Morgan fingerprint density at radius 1 is 1.15 bits per heavy atom. The summed E-state index contributed by atoms with van der Waals surface area (Å²) in [7, 11) is 4.41. The highest BCUT2D eigenvalue weighted by molar-refractivity contribution is 14.0. The Morgan fingerprint density at radius 3 is 2.48 bits per heavy atom. The van der Waals surface area contributed by atoms with Gasteiger partial charge in [0.2, 0.25) is 0 Å². The fourth-order valence-corrected chi connectivity index (χ4v) is 4.11. The van der Waals surface area contributed by atoms with Gasteiger partial charge >= 0.3 is 0 Å². The van der Waals surface area contributed by atoms with Crippen molar-refractivity contribution >= 4 is 29.9 Å². The van der Waals surface area contributed by atoms with Crippen molar-refractivity contribution in [2.45, 2.75) is 51.5 Å². The average molecular weight is 495 g/mol. The number of morpholine rings is 1. The van der Waals surface area contributed by atoms with E-state index in [2.05, 4.69) is 41.5 Å². The molecule has 1 atom stereocenters. The first-order valence-corrected chi connectivity index (χ1v) is 10.7. The number of rotatable bonds is 9. The van der Waals surface area contributed by atoms with Gasteiger partial charge in [0, 0.05) is 32.2 Å². The largest absolute Gasteiger partial charge is 0.379 e. The topological polar surface area (TPSA) is 52.1 Å². The number of ether oxygens (including phenoxy) is 1. The zero-order chi connectivity index (χ0) is 18.6. The van der Waals surface area contributed by atoms with Gasteiger partial charge in [-0.3, -0.25) is 9.89 Å². The van der Waals surface area contributed by atoms with Gasteiger partial charge in [0.05, 0.1) is 19.8 Å². The molecule has 0 aromatic carbocycles. The Kier molecular flexibility index (Phi) is 13.7. The van der Waals surface area contributed by atoms with Crippen LogP contribution >= 0.6 is 24.0 Å². The highest BCUT2D eigenvalue weighted by Gasteiger charge is 2.25. The number of hydrogen-bond donors (Lipinski definition) is 2. The van der Waals surface area contributed by atoms with Gasteiger partial charge in [0.15, 0.2) is 5.96 Å². The van der Waals surface area contributed by atoms with Gasteiger partial charge < -0.3 is 20.3 Å². The van der Waals surface area contributed by atoms with Crippen molar-refractivity contribution in [3.63, 3.8) is 0 Å². The van der Waals surface area contributed by atoms with Crippen LogP contribution in [0.3, 0.4) is 0 Å². The van der Waals surface area contributed by atoms with E-state index in [0.717, 1.165) is 70.8 Å². The minimum Gasteiger partial charge on any atom is -0.379 e. The van der Waals surface area contributed by atoms with Gasteiger partial charge in [-0.05, 0) is 52.7 Å².